The molecular formula is C35H50Cl2N9O11PSi. The van der Waals surface area contributed by atoms with Crippen LogP contribution in [0.5, 0.6) is 5.88 Å². The van der Waals surface area contributed by atoms with Crippen LogP contribution in [0.3, 0.4) is 0 Å². The van der Waals surface area contributed by atoms with Gasteiger partial charge in [-0.25, -0.2) is 14.2 Å². The SMILES string of the molecule is CCOP(=O)(OCC)[C@](CO)(Cc1nnnn1COCC[Si](C)(C)C)OC[C@H]1O[C@@H](n2ncc3c(OC(=O)NCc4ccccc4Cl)nc(Cl)nc32)[C@@H]2OC(C)(C)O[C@@H]21. The predicted octanol–water partition coefficient (Wildman–Crippen LogP) is 5.35. The van der Waals surface area contributed by atoms with Crippen LogP contribution >= 0.6 is 30.8 Å². The molecular weight excluding hydrogens is 852 g/mol. The van der Waals surface area contributed by atoms with Gasteiger partial charge in [-0.1, -0.05) is 49.4 Å². The van der Waals surface area contributed by atoms with Gasteiger partial charge in [-0.2, -0.15) is 15.1 Å². The molecule has 59 heavy (non-hydrogen) atoms. The first-order valence-corrected chi connectivity index (χ1v) is 25.1. The Balaban J connectivity index is 1.25. The number of fused-ring (bicyclic) bond motifs is 2. The average Bonchev–Trinajstić information content (AvgIpc) is 3.94. The zero-order valence-electron chi connectivity index (χ0n) is 33.9. The van der Waals surface area contributed by atoms with E-state index in [1.54, 1.807) is 52.0 Å². The molecule has 24 heteroatoms. The maximum absolute atomic E-state index is 14.7. The molecule has 0 bridgehead atoms. The van der Waals surface area contributed by atoms with Crippen molar-refractivity contribution >= 4 is 56.0 Å². The first kappa shape index (κ1) is 45.3. The number of nitrogens with one attached hydrogen (secondary N) is 1. The molecule has 2 saturated heterocycles. The lowest BCUT2D eigenvalue weighted by atomic mass is 10.1. The lowest BCUT2D eigenvalue weighted by Crippen LogP contribution is -2.45. The van der Waals surface area contributed by atoms with Crippen molar-refractivity contribution in [1.29, 1.82) is 0 Å². The van der Waals surface area contributed by atoms with Crippen molar-refractivity contribution in [3.05, 3.63) is 52.2 Å². The molecule has 0 unspecified atom stereocenters. The number of rotatable bonds is 20. The third-order valence-electron chi connectivity index (χ3n) is 9.44. The van der Waals surface area contributed by atoms with Crippen LogP contribution in [0.25, 0.3) is 11.0 Å². The molecule has 2 aliphatic heterocycles. The van der Waals surface area contributed by atoms with Crippen LogP contribution < -0.4 is 10.1 Å². The summed E-state index contributed by atoms with van der Waals surface area (Å²) >= 11 is 12.6. The molecule has 2 aliphatic rings. The van der Waals surface area contributed by atoms with Crippen LogP contribution in [0.1, 0.15) is 45.3 Å². The highest BCUT2D eigenvalue weighted by atomic mass is 35.5. The lowest BCUT2D eigenvalue weighted by molar-refractivity contribution is -0.207. The minimum atomic E-state index is -4.28. The number of aliphatic hydroxyl groups excluding tert-OH is 1. The first-order valence-electron chi connectivity index (χ1n) is 19.1. The van der Waals surface area contributed by atoms with Gasteiger partial charge in [0.1, 0.15) is 30.4 Å². The molecule has 6 rings (SSSR count). The molecule has 5 heterocycles. The maximum atomic E-state index is 14.7. The van der Waals surface area contributed by atoms with Crippen LogP contribution in [0.15, 0.2) is 30.5 Å². The zero-order valence-corrected chi connectivity index (χ0v) is 37.3. The number of halogens is 2. The summed E-state index contributed by atoms with van der Waals surface area (Å²) in [6.07, 6.45) is -3.14. The third-order valence-corrected chi connectivity index (χ3v) is 14.3. The van der Waals surface area contributed by atoms with Gasteiger partial charge in [-0.05, 0) is 67.4 Å². The van der Waals surface area contributed by atoms with Crippen LogP contribution in [0, 0.1) is 0 Å². The van der Waals surface area contributed by atoms with E-state index in [9.17, 15) is 14.5 Å². The van der Waals surface area contributed by atoms with Gasteiger partial charge in [0.2, 0.25) is 11.2 Å². The number of aromatic nitrogens is 8. The minimum absolute atomic E-state index is 0.0174. The van der Waals surface area contributed by atoms with E-state index in [0.29, 0.717) is 17.2 Å². The Morgan fingerprint density at radius 2 is 1.83 bits per heavy atom. The van der Waals surface area contributed by atoms with Gasteiger partial charge in [-0.3, -0.25) is 4.57 Å². The van der Waals surface area contributed by atoms with Gasteiger partial charge in [0, 0.05) is 26.2 Å². The molecule has 324 valence electrons. The quantitative estimate of drug-likeness (QED) is 0.0493. The molecule has 0 aliphatic carbocycles. The molecule has 5 atom stereocenters. The number of carbonyl (C=O) groups excluding carboxylic acids is 1. The molecule has 1 amide bonds. The molecule has 0 spiro atoms. The summed E-state index contributed by atoms with van der Waals surface area (Å²) in [6, 6.07) is 7.99. The van der Waals surface area contributed by atoms with E-state index in [-0.39, 0.29) is 67.5 Å². The average molecular weight is 903 g/mol. The fourth-order valence-corrected chi connectivity index (χ4v) is 9.63. The summed E-state index contributed by atoms with van der Waals surface area (Å²) < 4.78 is 66.1. The van der Waals surface area contributed by atoms with Crippen molar-refractivity contribution in [3.8, 4) is 5.88 Å². The summed E-state index contributed by atoms with van der Waals surface area (Å²) in [5.41, 5.74) is 0.851. The van der Waals surface area contributed by atoms with Crippen molar-refractivity contribution < 1.29 is 51.9 Å². The Morgan fingerprint density at radius 1 is 1.10 bits per heavy atom. The van der Waals surface area contributed by atoms with E-state index in [2.05, 4.69) is 55.5 Å². The lowest BCUT2D eigenvalue weighted by Gasteiger charge is -2.37. The van der Waals surface area contributed by atoms with Gasteiger partial charge >= 0.3 is 13.7 Å². The number of aliphatic hydroxyl groups is 1. The van der Waals surface area contributed by atoms with E-state index in [1.807, 2.05) is 0 Å². The highest BCUT2D eigenvalue weighted by molar-refractivity contribution is 7.55. The molecule has 1 aromatic carbocycles. The van der Waals surface area contributed by atoms with Gasteiger partial charge in [0.15, 0.2) is 28.8 Å². The highest BCUT2D eigenvalue weighted by Gasteiger charge is 2.59. The summed E-state index contributed by atoms with van der Waals surface area (Å²) in [6.45, 7) is 13.0. The summed E-state index contributed by atoms with van der Waals surface area (Å²) in [5.74, 6) is -1.01. The second-order valence-electron chi connectivity index (χ2n) is 15.5. The van der Waals surface area contributed by atoms with Crippen molar-refractivity contribution in [1.82, 2.24) is 45.3 Å². The number of amides is 1. The normalized spacial score (nSPS) is 21.5. The smallest absolute Gasteiger partial charge is 0.393 e. The molecule has 2 fully saturated rings. The van der Waals surface area contributed by atoms with Gasteiger partial charge in [-0.15, -0.1) is 5.10 Å². The predicted molar refractivity (Wildman–Crippen MR) is 215 cm³/mol. The summed E-state index contributed by atoms with van der Waals surface area (Å²) in [5, 5.41) is 28.8. The molecule has 0 saturated carbocycles. The van der Waals surface area contributed by atoms with Crippen LogP contribution in [-0.4, -0.2) is 122 Å². The van der Waals surface area contributed by atoms with Crippen molar-refractivity contribution in [2.45, 2.75) is 109 Å². The summed E-state index contributed by atoms with van der Waals surface area (Å²) in [7, 11) is -5.64. The van der Waals surface area contributed by atoms with Crippen LogP contribution in [-0.2, 0) is 57.0 Å². The molecule has 2 N–H and O–H groups in total. The topological polar surface area (TPSA) is 227 Å². The van der Waals surface area contributed by atoms with Crippen LogP contribution in [0.2, 0.25) is 36.0 Å². The number of tetrazole rings is 1. The molecule has 0 radical (unpaired) electrons. The Labute approximate surface area is 352 Å². The Morgan fingerprint density at radius 3 is 2.53 bits per heavy atom. The summed E-state index contributed by atoms with van der Waals surface area (Å²) in [4.78, 5) is 21.4. The van der Waals surface area contributed by atoms with Crippen molar-refractivity contribution in [2.75, 3.05) is 33.0 Å². The number of hydrogen-bond donors (Lipinski definition) is 2. The standard InChI is InChI=1S/C35H50Cl2N9O11PSi/c1-8-52-58(49,53-9-2)35(20-47,16-26-42-43-44-45(26)21-50-14-15-59(5,6)7)51-19-25-27-28(57-34(3,4)56-27)31(54-25)46-29-23(18-39-46)30(41-32(37)40-29)55-33(48)38-17-22-12-10-11-13-24(22)36/h10-13,18,25,27-28,31,47H,8-9,14-17,19-21H2,1-7H3,(H,38,48)/t25-,27-,28-,31-,35+/m1/s1. The molecule has 4 aromatic rings. The fraction of sp³-hybridized carbons (Fsp3) is 0.629. The number of hydrogen-bond acceptors (Lipinski definition) is 17. The van der Waals surface area contributed by atoms with E-state index in [4.69, 9.17) is 60.7 Å². The second kappa shape index (κ2) is 18.8. The zero-order chi connectivity index (χ0) is 42.6. The van der Waals surface area contributed by atoms with E-state index < -0.39 is 64.0 Å². The second-order valence-corrected chi connectivity index (χ2v) is 24.1. The van der Waals surface area contributed by atoms with Crippen LogP contribution in [0.4, 0.5) is 4.79 Å². The number of nitrogens with zero attached hydrogens (tertiary/aromatic N) is 8. The third kappa shape index (κ3) is 10.5. The maximum Gasteiger partial charge on any atom is 0.414 e. The van der Waals surface area contributed by atoms with Gasteiger partial charge in [0.25, 0.3) is 0 Å². The monoisotopic (exact) mass is 901 g/mol. The molecule has 20 nitrogen and oxygen atoms in total. The van der Waals surface area contributed by atoms with E-state index in [0.717, 1.165) is 6.04 Å². The Bertz CT molecular complexity index is 2120. The largest absolute Gasteiger partial charge is 0.414 e. The first-order chi connectivity index (χ1) is 28.0. The fourth-order valence-electron chi connectivity index (χ4n) is 6.55. The van der Waals surface area contributed by atoms with E-state index >= 15 is 0 Å². The van der Waals surface area contributed by atoms with Gasteiger partial charge in [0.05, 0.1) is 39.0 Å². The van der Waals surface area contributed by atoms with Gasteiger partial charge < -0.3 is 47.9 Å². The highest BCUT2D eigenvalue weighted by Crippen LogP contribution is 2.62. The Kier molecular flexibility index (Phi) is 14.5. The number of carbonyl (C=O) groups is 1. The minimum Gasteiger partial charge on any atom is -0.393 e. The number of ether oxygens (including phenoxy) is 6. The van der Waals surface area contributed by atoms with Crippen molar-refractivity contribution in [3.63, 3.8) is 0 Å². The van der Waals surface area contributed by atoms with E-state index in [1.165, 1.54) is 15.6 Å². The Hall–Kier alpha value is -3.18. The molecule has 3 aromatic heterocycles. The van der Waals surface area contributed by atoms with Crippen molar-refractivity contribution in [2.24, 2.45) is 0 Å². The number of benzene rings is 1.